The number of hydrogen-bond acceptors (Lipinski definition) is 2. The number of aliphatic carboxylic acids is 1. The van der Waals surface area contributed by atoms with E-state index in [-0.39, 0.29) is 5.92 Å². The van der Waals surface area contributed by atoms with E-state index < -0.39 is 12.0 Å². The molecule has 1 rings (SSSR count). The molecule has 0 spiro atoms. The van der Waals surface area contributed by atoms with Crippen LogP contribution < -0.4 is 5.32 Å². The molecule has 0 fully saturated rings. The third-order valence-corrected chi connectivity index (χ3v) is 3.91. The second-order valence-electron chi connectivity index (χ2n) is 5.22. The summed E-state index contributed by atoms with van der Waals surface area (Å²) < 4.78 is 0. The summed E-state index contributed by atoms with van der Waals surface area (Å²) in [5.41, 5.74) is 1.15. The van der Waals surface area contributed by atoms with Gasteiger partial charge in [-0.05, 0) is 49.4 Å². The SMILES string of the molecule is CC(C)[C@H](NCCCCc1ccc(Cl)c(Cl)c1)C(=O)O. The number of nitrogens with one attached hydrogen (secondary N) is 1. The summed E-state index contributed by atoms with van der Waals surface area (Å²) >= 11 is 11.8. The molecule has 0 aliphatic carbocycles. The van der Waals surface area contributed by atoms with Gasteiger partial charge >= 0.3 is 5.97 Å². The summed E-state index contributed by atoms with van der Waals surface area (Å²) in [7, 11) is 0. The smallest absolute Gasteiger partial charge is 0.320 e. The Hall–Kier alpha value is -0.770. The molecule has 0 saturated heterocycles. The molecule has 5 heteroatoms. The molecule has 0 aliphatic heterocycles. The largest absolute Gasteiger partial charge is 0.480 e. The fourth-order valence-corrected chi connectivity index (χ4v) is 2.34. The van der Waals surface area contributed by atoms with Crippen LogP contribution in [0.3, 0.4) is 0 Å². The normalized spacial score (nSPS) is 12.7. The first-order valence-corrected chi connectivity index (χ1v) is 7.57. The lowest BCUT2D eigenvalue weighted by atomic mass is 10.0. The minimum Gasteiger partial charge on any atom is -0.480 e. The van der Waals surface area contributed by atoms with Gasteiger partial charge in [0.25, 0.3) is 0 Å². The quantitative estimate of drug-likeness (QED) is 0.712. The van der Waals surface area contributed by atoms with E-state index in [0.717, 1.165) is 24.8 Å². The Kier molecular flexibility index (Phi) is 7.35. The number of carbonyl (C=O) groups is 1. The van der Waals surface area contributed by atoms with E-state index in [9.17, 15) is 4.79 Å². The standard InChI is InChI=1S/C15H21Cl2NO2/c1-10(2)14(15(19)20)18-8-4-3-5-11-6-7-12(16)13(17)9-11/h6-7,9-10,14,18H,3-5,8H2,1-2H3,(H,19,20)/t14-/m0/s1. The van der Waals surface area contributed by atoms with Gasteiger partial charge in [-0.15, -0.1) is 0 Å². The molecular formula is C15H21Cl2NO2. The summed E-state index contributed by atoms with van der Waals surface area (Å²) in [6.45, 7) is 4.51. The van der Waals surface area contributed by atoms with Gasteiger partial charge in [-0.2, -0.15) is 0 Å². The first-order valence-electron chi connectivity index (χ1n) is 6.82. The molecule has 3 nitrogen and oxygen atoms in total. The average Bonchev–Trinajstić information content (AvgIpc) is 2.36. The summed E-state index contributed by atoms with van der Waals surface area (Å²) in [5, 5.41) is 13.3. The number of carboxylic acids is 1. The molecule has 0 saturated carbocycles. The number of halogens is 2. The Labute approximate surface area is 130 Å². The second-order valence-corrected chi connectivity index (χ2v) is 6.03. The van der Waals surface area contributed by atoms with Gasteiger partial charge in [0.15, 0.2) is 0 Å². The monoisotopic (exact) mass is 317 g/mol. The van der Waals surface area contributed by atoms with Gasteiger partial charge in [0, 0.05) is 0 Å². The van der Waals surface area contributed by atoms with Crippen molar-refractivity contribution in [3.63, 3.8) is 0 Å². The fourth-order valence-electron chi connectivity index (χ4n) is 2.01. The molecule has 0 aliphatic rings. The Morgan fingerprint density at radius 3 is 2.50 bits per heavy atom. The van der Waals surface area contributed by atoms with Crippen molar-refractivity contribution in [3.8, 4) is 0 Å². The van der Waals surface area contributed by atoms with Crippen molar-refractivity contribution in [2.75, 3.05) is 6.54 Å². The fraction of sp³-hybridized carbons (Fsp3) is 0.533. The number of aryl methyl sites for hydroxylation is 1. The first kappa shape index (κ1) is 17.3. The number of carboxylic acid groups (broad SMARTS) is 1. The molecule has 20 heavy (non-hydrogen) atoms. The summed E-state index contributed by atoms with van der Waals surface area (Å²) in [4.78, 5) is 11.0. The van der Waals surface area contributed by atoms with Crippen LogP contribution in [-0.2, 0) is 11.2 Å². The van der Waals surface area contributed by atoms with Crippen LogP contribution in [0.25, 0.3) is 0 Å². The molecular weight excluding hydrogens is 297 g/mol. The molecule has 2 N–H and O–H groups in total. The maximum atomic E-state index is 11.0. The summed E-state index contributed by atoms with van der Waals surface area (Å²) in [6, 6.07) is 5.18. The van der Waals surface area contributed by atoms with E-state index in [4.69, 9.17) is 28.3 Å². The average molecular weight is 318 g/mol. The minimum absolute atomic E-state index is 0.0857. The third-order valence-electron chi connectivity index (χ3n) is 3.17. The van der Waals surface area contributed by atoms with Crippen molar-refractivity contribution in [1.29, 1.82) is 0 Å². The number of benzene rings is 1. The van der Waals surface area contributed by atoms with Crippen molar-refractivity contribution >= 4 is 29.2 Å². The van der Waals surface area contributed by atoms with Crippen LogP contribution in [0.5, 0.6) is 0 Å². The molecule has 1 aromatic carbocycles. The lowest BCUT2D eigenvalue weighted by Crippen LogP contribution is -2.41. The number of hydrogen-bond donors (Lipinski definition) is 2. The predicted molar refractivity (Wildman–Crippen MR) is 83.7 cm³/mol. The zero-order chi connectivity index (χ0) is 15.1. The van der Waals surface area contributed by atoms with Gasteiger partial charge in [-0.3, -0.25) is 4.79 Å². The molecule has 0 radical (unpaired) electrons. The number of unbranched alkanes of at least 4 members (excludes halogenated alkanes) is 1. The first-order chi connectivity index (χ1) is 9.41. The molecule has 1 atom stereocenters. The Balaban J connectivity index is 2.28. The second kappa shape index (κ2) is 8.50. The summed E-state index contributed by atoms with van der Waals surface area (Å²) in [5.74, 6) is -0.702. The van der Waals surface area contributed by atoms with Gasteiger partial charge in [-0.1, -0.05) is 43.1 Å². The van der Waals surface area contributed by atoms with E-state index in [2.05, 4.69) is 5.32 Å². The van der Waals surface area contributed by atoms with Crippen molar-refractivity contribution in [1.82, 2.24) is 5.32 Å². The minimum atomic E-state index is -0.788. The van der Waals surface area contributed by atoms with Crippen molar-refractivity contribution < 1.29 is 9.90 Å². The Morgan fingerprint density at radius 2 is 1.95 bits per heavy atom. The maximum Gasteiger partial charge on any atom is 0.320 e. The van der Waals surface area contributed by atoms with E-state index in [1.165, 1.54) is 0 Å². The van der Waals surface area contributed by atoms with Crippen molar-refractivity contribution in [2.24, 2.45) is 5.92 Å². The van der Waals surface area contributed by atoms with Crippen LogP contribution in [0.1, 0.15) is 32.3 Å². The van der Waals surface area contributed by atoms with E-state index in [0.29, 0.717) is 16.6 Å². The van der Waals surface area contributed by atoms with Crippen LogP contribution in [-0.4, -0.2) is 23.7 Å². The van der Waals surface area contributed by atoms with Crippen molar-refractivity contribution in [2.45, 2.75) is 39.2 Å². The van der Waals surface area contributed by atoms with Gasteiger partial charge in [0.2, 0.25) is 0 Å². The highest BCUT2D eigenvalue weighted by atomic mass is 35.5. The highest BCUT2D eigenvalue weighted by Crippen LogP contribution is 2.23. The third kappa shape index (κ3) is 5.70. The number of rotatable bonds is 8. The molecule has 112 valence electrons. The van der Waals surface area contributed by atoms with E-state index in [1.54, 1.807) is 6.07 Å². The summed E-state index contributed by atoms with van der Waals surface area (Å²) in [6.07, 6.45) is 2.82. The van der Waals surface area contributed by atoms with Crippen LogP contribution in [0.2, 0.25) is 10.0 Å². The molecule has 0 amide bonds. The maximum absolute atomic E-state index is 11.0. The van der Waals surface area contributed by atoms with Crippen LogP contribution >= 0.6 is 23.2 Å². The van der Waals surface area contributed by atoms with Crippen LogP contribution in [0.15, 0.2) is 18.2 Å². The molecule has 0 bridgehead atoms. The zero-order valence-electron chi connectivity index (χ0n) is 11.8. The van der Waals surface area contributed by atoms with Gasteiger partial charge < -0.3 is 10.4 Å². The topological polar surface area (TPSA) is 49.3 Å². The van der Waals surface area contributed by atoms with Crippen LogP contribution in [0, 0.1) is 5.92 Å². The van der Waals surface area contributed by atoms with Gasteiger partial charge in [0.05, 0.1) is 10.0 Å². The zero-order valence-corrected chi connectivity index (χ0v) is 13.3. The molecule has 0 unspecified atom stereocenters. The predicted octanol–water partition coefficient (Wildman–Crippen LogP) is 4.01. The highest BCUT2D eigenvalue weighted by Gasteiger charge is 2.19. The van der Waals surface area contributed by atoms with Gasteiger partial charge in [0.1, 0.15) is 6.04 Å². The molecule has 0 aromatic heterocycles. The van der Waals surface area contributed by atoms with Crippen molar-refractivity contribution in [3.05, 3.63) is 33.8 Å². The van der Waals surface area contributed by atoms with Gasteiger partial charge in [-0.25, -0.2) is 0 Å². The lowest BCUT2D eigenvalue weighted by molar-refractivity contribution is -0.140. The van der Waals surface area contributed by atoms with Crippen LogP contribution in [0.4, 0.5) is 0 Å². The highest BCUT2D eigenvalue weighted by molar-refractivity contribution is 6.42. The van der Waals surface area contributed by atoms with E-state index >= 15 is 0 Å². The lowest BCUT2D eigenvalue weighted by Gasteiger charge is -2.17. The van der Waals surface area contributed by atoms with E-state index in [1.807, 2.05) is 26.0 Å². The Morgan fingerprint density at radius 1 is 1.25 bits per heavy atom. The molecule has 1 aromatic rings. The Bertz CT molecular complexity index is 449. The molecule has 0 heterocycles.